The molecule has 0 heterocycles. The molecule has 114 valence electrons. The van der Waals surface area contributed by atoms with Crippen LogP contribution in [0.15, 0.2) is 5.16 Å². The Labute approximate surface area is 121 Å². The Morgan fingerprint density at radius 1 is 1.30 bits per heavy atom. The Balaban J connectivity index is 2.18. The lowest BCUT2D eigenvalue weighted by Gasteiger charge is -2.37. The van der Waals surface area contributed by atoms with Crippen molar-refractivity contribution in [2.45, 2.75) is 70.8 Å². The minimum absolute atomic E-state index is 0.134. The summed E-state index contributed by atoms with van der Waals surface area (Å²) in [6.45, 7) is 2.38. The van der Waals surface area contributed by atoms with Crippen molar-refractivity contribution in [2.24, 2.45) is 16.3 Å². The van der Waals surface area contributed by atoms with Crippen LogP contribution in [0.1, 0.15) is 64.7 Å². The maximum absolute atomic E-state index is 13.1. The van der Waals surface area contributed by atoms with Gasteiger partial charge in [0.05, 0.1) is 6.54 Å². The molecule has 0 aromatic carbocycles. The fourth-order valence-electron chi connectivity index (χ4n) is 3.86. The fraction of sp³-hybridized carbons (Fsp3) is 0.867. The molecule has 2 aliphatic carbocycles. The molecular formula is C15H27N3O2. The molecule has 2 saturated carbocycles. The van der Waals surface area contributed by atoms with Crippen LogP contribution in [0.4, 0.5) is 0 Å². The summed E-state index contributed by atoms with van der Waals surface area (Å²) >= 11 is 0. The third kappa shape index (κ3) is 2.91. The molecule has 0 bridgehead atoms. The van der Waals surface area contributed by atoms with Gasteiger partial charge in [-0.3, -0.25) is 4.79 Å². The SMILES string of the molecule is CCC1(C(=O)N(CC(N)=NO)C2CCCC2)CCCC1. The summed E-state index contributed by atoms with van der Waals surface area (Å²) in [5.74, 6) is 0.366. The molecule has 0 saturated heterocycles. The van der Waals surface area contributed by atoms with E-state index in [1.165, 1.54) is 12.8 Å². The van der Waals surface area contributed by atoms with Crippen LogP contribution >= 0.6 is 0 Å². The van der Waals surface area contributed by atoms with E-state index in [0.717, 1.165) is 44.9 Å². The molecule has 5 heteroatoms. The molecular weight excluding hydrogens is 254 g/mol. The van der Waals surface area contributed by atoms with Gasteiger partial charge in [0.15, 0.2) is 5.84 Å². The molecule has 0 atom stereocenters. The van der Waals surface area contributed by atoms with Crippen molar-refractivity contribution in [1.82, 2.24) is 4.90 Å². The maximum Gasteiger partial charge on any atom is 0.229 e. The van der Waals surface area contributed by atoms with E-state index >= 15 is 0 Å². The third-order valence-electron chi connectivity index (χ3n) is 5.18. The highest BCUT2D eigenvalue weighted by Crippen LogP contribution is 2.43. The zero-order chi connectivity index (χ0) is 14.6. The molecule has 1 amide bonds. The van der Waals surface area contributed by atoms with Gasteiger partial charge in [-0.1, -0.05) is 37.8 Å². The summed E-state index contributed by atoms with van der Waals surface area (Å²) < 4.78 is 0. The second kappa shape index (κ2) is 6.46. The summed E-state index contributed by atoms with van der Waals surface area (Å²) in [7, 11) is 0. The van der Waals surface area contributed by atoms with Crippen LogP contribution in [0.2, 0.25) is 0 Å². The number of amides is 1. The lowest BCUT2D eigenvalue weighted by molar-refractivity contribution is -0.143. The van der Waals surface area contributed by atoms with Gasteiger partial charge >= 0.3 is 0 Å². The van der Waals surface area contributed by atoms with E-state index in [-0.39, 0.29) is 29.7 Å². The van der Waals surface area contributed by atoms with E-state index in [9.17, 15) is 4.79 Å². The first kappa shape index (κ1) is 15.1. The zero-order valence-corrected chi connectivity index (χ0v) is 12.5. The molecule has 2 rings (SSSR count). The average molecular weight is 281 g/mol. The molecule has 0 unspecified atom stereocenters. The van der Waals surface area contributed by atoms with Gasteiger partial charge in [-0.15, -0.1) is 0 Å². The van der Waals surface area contributed by atoms with Gasteiger partial charge in [0, 0.05) is 11.5 Å². The van der Waals surface area contributed by atoms with Crippen molar-refractivity contribution in [2.75, 3.05) is 6.54 Å². The van der Waals surface area contributed by atoms with Crippen LogP contribution in [0, 0.1) is 5.41 Å². The number of oxime groups is 1. The molecule has 0 radical (unpaired) electrons. The highest BCUT2D eigenvalue weighted by Gasteiger charge is 2.44. The Morgan fingerprint density at radius 2 is 1.90 bits per heavy atom. The second-order valence-corrected chi connectivity index (χ2v) is 6.30. The van der Waals surface area contributed by atoms with E-state index in [1.807, 2.05) is 4.90 Å². The first-order chi connectivity index (χ1) is 9.63. The van der Waals surface area contributed by atoms with Crippen LogP contribution in [0.25, 0.3) is 0 Å². The first-order valence-electron chi connectivity index (χ1n) is 7.90. The van der Waals surface area contributed by atoms with E-state index in [0.29, 0.717) is 0 Å². The topological polar surface area (TPSA) is 78.9 Å². The Kier molecular flexibility index (Phi) is 4.89. The number of nitrogens with two attached hydrogens (primary N) is 1. The molecule has 0 spiro atoms. The van der Waals surface area contributed by atoms with Crippen molar-refractivity contribution in [1.29, 1.82) is 0 Å². The Hall–Kier alpha value is -1.26. The van der Waals surface area contributed by atoms with Gasteiger partial charge < -0.3 is 15.8 Å². The molecule has 20 heavy (non-hydrogen) atoms. The van der Waals surface area contributed by atoms with Crippen LogP contribution < -0.4 is 5.73 Å². The zero-order valence-electron chi connectivity index (χ0n) is 12.5. The summed E-state index contributed by atoms with van der Waals surface area (Å²) in [5.41, 5.74) is 5.47. The summed E-state index contributed by atoms with van der Waals surface area (Å²) in [5, 5.41) is 11.9. The lowest BCUT2D eigenvalue weighted by atomic mass is 9.81. The maximum atomic E-state index is 13.1. The average Bonchev–Trinajstić information content (AvgIpc) is 3.14. The van der Waals surface area contributed by atoms with Crippen LogP contribution in [-0.4, -0.2) is 34.4 Å². The standard InChI is InChI=1S/C15H27N3O2/c1-2-15(9-5-6-10-15)14(19)18(11-13(16)17-20)12-7-3-4-8-12/h12,20H,2-11H2,1H3,(H2,16,17). The van der Waals surface area contributed by atoms with Crippen molar-refractivity contribution in [3.05, 3.63) is 0 Å². The summed E-state index contributed by atoms with van der Waals surface area (Å²) in [6, 6.07) is 0.270. The lowest BCUT2D eigenvalue weighted by Crippen LogP contribution is -2.50. The highest BCUT2D eigenvalue weighted by molar-refractivity contribution is 5.89. The van der Waals surface area contributed by atoms with Crippen LogP contribution in [-0.2, 0) is 4.79 Å². The Morgan fingerprint density at radius 3 is 2.40 bits per heavy atom. The van der Waals surface area contributed by atoms with Crippen molar-refractivity contribution < 1.29 is 10.0 Å². The number of amidine groups is 1. The minimum atomic E-state index is -0.196. The van der Waals surface area contributed by atoms with Crippen molar-refractivity contribution in [3.63, 3.8) is 0 Å². The van der Waals surface area contributed by atoms with Crippen LogP contribution in [0.3, 0.4) is 0 Å². The van der Waals surface area contributed by atoms with Crippen molar-refractivity contribution >= 4 is 11.7 Å². The Bertz CT molecular complexity index is 369. The number of nitrogens with zero attached hydrogens (tertiary/aromatic N) is 2. The predicted molar refractivity (Wildman–Crippen MR) is 78.6 cm³/mol. The molecule has 0 aromatic rings. The molecule has 5 nitrogen and oxygen atoms in total. The predicted octanol–water partition coefficient (Wildman–Crippen LogP) is 2.47. The molecule has 2 aliphatic rings. The number of carbonyl (C=O) groups is 1. The highest BCUT2D eigenvalue weighted by atomic mass is 16.4. The molecule has 3 N–H and O–H groups in total. The molecule has 0 aliphatic heterocycles. The van der Waals surface area contributed by atoms with E-state index in [1.54, 1.807) is 0 Å². The molecule has 2 fully saturated rings. The number of hydrogen-bond acceptors (Lipinski definition) is 3. The van der Waals surface area contributed by atoms with Crippen molar-refractivity contribution in [3.8, 4) is 0 Å². The van der Waals surface area contributed by atoms with Gasteiger partial charge in [0.1, 0.15) is 0 Å². The van der Waals surface area contributed by atoms with Gasteiger partial charge in [0.25, 0.3) is 0 Å². The smallest absolute Gasteiger partial charge is 0.229 e. The molecule has 0 aromatic heterocycles. The monoisotopic (exact) mass is 281 g/mol. The summed E-state index contributed by atoms with van der Waals surface area (Å²) in [4.78, 5) is 15.0. The number of carbonyl (C=O) groups excluding carboxylic acids is 1. The van der Waals surface area contributed by atoms with Gasteiger partial charge in [-0.25, -0.2) is 0 Å². The van der Waals surface area contributed by atoms with Gasteiger partial charge in [-0.2, -0.15) is 0 Å². The van der Waals surface area contributed by atoms with E-state index in [2.05, 4.69) is 12.1 Å². The normalized spacial score (nSPS) is 23.1. The van der Waals surface area contributed by atoms with Crippen LogP contribution in [0.5, 0.6) is 0 Å². The largest absolute Gasteiger partial charge is 0.409 e. The third-order valence-corrected chi connectivity index (χ3v) is 5.18. The van der Waals surface area contributed by atoms with Gasteiger partial charge in [-0.05, 0) is 32.1 Å². The van der Waals surface area contributed by atoms with E-state index < -0.39 is 0 Å². The number of rotatable bonds is 5. The fourth-order valence-corrected chi connectivity index (χ4v) is 3.86. The minimum Gasteiger partial charge on any atom is -0.409 e. The number of hydrogen-bond donors (Lipinski definition) is 2. The second-order valence-electron chi connectivity index (χ2n) is 6.30. The quantitative estimate of drug-likeness (QED) is 0.352. The van der Waals surface area contributed by atoms with E-state index in [4.69, 9.17) is 10.9 Å². The first-order valence-corrected chi connectivity index (χ1v) is 7.90. The summed E-state index contributed by atoms with van der Waals surface area (Å²) in [6.07, 6.45) is 9.58. The van der Waals surface area contributed by atoms with Gasteiger partial charge in [0.2, 0.25) is 5.91 Å².